The maximum atomic E-state index is 8.57. The third kappa shape index (κ3) is 2.68. The number of hydrogen-bond acceptors (Lipinski definition) is 2. The molecule has 0 saturated heterocycles. The molecule has 1 aliphatic carbocycles. The Balaban J connectivity index is 2.01. The number of benzene rings is 1. The van der Waals surface area contributed by atoms with E-state index in [1.807, 2.05) is 6.07 Å². The molecule has 0 radical (unpaired) electrons. The quantitative estimate of drug-likeness (QED) is 0.594. The SMILES string of the molecule is N#CC(Cl)CSc1ccc2c(c1)CCC2. The van der Waals surface area contributed by atoms with Gasteiger partial charge in [-0.3, -0.25) is 0 Å². The second-order valence-electron chi connectivity index (χ2n) is 3.69. The van der Waals surface area contributed by atoms with Crippen LogP contribution in [-0.2, 0) is 12.8 Å². The molecule has 0 bridgehead atoms. The molecule has 0 aliphatic heterocycles. The van der Waals surface area contributed by atoms with E-state index < -0.39 is 0 Å². The molecule has 78 valence electrons. The van der Waals surface area contributed by atoms with Gasteiger partial charge >= 0.3 is 0 Å². The lowest BCUT2D eigenvalue weighted by Gasteiger charge is -2.04. The van der Waals surface area contributed by atoms with Crippen molar-refractivity contribution >= 4 is 23.4 Å². The number of hydrogen-bond donors (Lipinski definition) is 0. The van der Waals surface area contributed by atoms with E-state index in [0.717, 1.165) is 0 Å². The Bertz CT molecular complexity index is 397. The van der Waals surface area contributed by atoms with Gasteiger partial charge in [0.2, 0.25) is 0 Å². The van der Waals surface area contributed by atoms with Crippen molar-refractivity contribution in [3.63, 3.8) is 0 Å². The monoisotopic (exact) mass is 237 g/mol. The summed E-state index contributed by atoms with van der Waals surface area (Å²) in [4.78, 5) is 1.23. The van der Waals surface area contributed by atoms with Crippen LogP contribution in [0.5, 0.6) is 0 Å². The molecule has 0 aromatic heterocycles. The molecule has 0 saturated carbocycles. The molecule has 1 unspecified atom stereocenters. The summed E-state index contributed by atoms with van der Waals surface area (Å²) in [7, 11) is 0. The highest BCUT2D eigenvalue weighted by molar-refractivity contribution is 7.99. The third-order valence-electron chi connectivity index (χ3n) is 2.61. The highest BCUT2D eigenvalue weighted by Crippen LogP contribution is 2.28. The van der Waals surface area contributed by atoms with E-state index in [0.29, 0.717) is 5.75 Å². The molecule has 1 nitrogen and oxygen atoms in total. The van der Waals surface area contributed by atoms with Crippen molar-refractivity contribution in [2.24, 2.45) is 0 Å². The second kappa shape index (κ2) is 4.92. The van der Waals surface area contributed by atoms with Crippen LogP contribution in [-0.4, -0.2) is 11.1 Å². The summed E-state index contributed by atoms with van der Waals surface area (Å²) in [5.41, 5.74) is 2.96. The number of halogens is 1. The Morgan fingerprint density at radius 1 is 1.40 bits per heavy atom. The Labute approximate surface area is 99.4 Å². The van der Waals surface area contributed by atoms with Crippen LogP contribution in [0.3, 0.4) is 0 Å². The van der Waals surface area contributed by atoms with Gasteiger partial charge in [-0.15, -0.1) is 23.4 Å². The van der Waals surface area contributed by atoms with E-state index in [9.17, 15) is 0 Å². The first-order valence-corrected chi connectivity index (χ1v) is 6.50. The maximum Gasteiger partial charge on any atom is 0.129 e. The van der Waals surface area contributed by atoms with Crippen LogP contribution < -0.4 is 0 Å². The van der Waals surface area contributed by atoms with Crippen molar-refractivity contribution in [2.75, 3.05) is 5.75 Å². The summed E-state index contributed by atoms with van der Waals surface area (Å²) in [6.07, 6.45) is 3.70. The number of nitriles is 1. The fraction of sp³-hybridized carbons (Fsp3) is 0.417. The summed E-state index contributed by atoms with van der Waals surface area (Å²) in [5, 5.41) is 8.19. The van der Waals surface area contributed by atoms with Gasteiger partial charge in [0.1, 0.15) is 5.38 Å². The summed E-state index contributed by atoms with van der Waals surface area (Å²) in [6.45, 7) is 0. The lowest BCUT2D eigenvalue weighted by atomic mass is 10.1. The topological polar surface area (TPSA) is 23.8 Å². The number of aryl methyl sites for hydroxylation is 2. The number of rotatable bonds is 3. The number of alkyl halides is 1. The standard InChI is InChI=1S/C12H12ClNS/c13-11(7-14)8-15-12-5-4-9-2-1-3-10(9)6-12/h4-6,11H,1-3,8H2. The fourth-order valence-electron chi connectivity index (χ4n) is 1.84. The molecule has 0 N–H and O–H groups in total. The Kier molecular flexibility index (Phi) is 3.56. The molecule has 3 heteroatoms. The first-order valence-electron chi connectivity index (χ1n) is 5.08. The third-order valence-corrected chi connectivity index (χ3v) is 4.13. The van der Waals surface area contributed by atoms with Gasteiger partial charge in [-0.05, 0) is 42.5 Å². The predicted molar refractivity (Wildman–Crippen MR) is 64.4 cm³/mol. The smallest absolute Gasteiger partial charge is 0.129 e. The molecule has 2 rings (SSSR count). The zero-order valence-corrected chi connectivity index (χ0v) is 9.94. The van der Waals surface area contributed by atoms with Gasteiger partial charge in [-0.2, -0.15) is 5.26 Å². The molecule has 0 heterocycles. The summed E-state index contributed by atoms with van der Waals surface area (Å²) in [6, 6.07) is 8.62. The van der Waals surface area contributed by atoms with Gasteiger partial charge in [0.15, 0.2) is 0 Å². The van der Waals surface area contributed by atoms with E-state index in [4.69, 9.17) is 16.9 Å². The van der Waals surface area contributed by atoms with E-state index in [1.165, 1.54) is 35.3 Å². The molecule has 1 aliphatic rings. The summed E-state index contributed by atoms with van der Waals surface area (Å²) < 4.78 is 0. The Morgan fingerprint density at radius 3 is 3.00 bits per heavy atom. The lowest BCUT2D eigenvalue weighted by Crippen LogP contribution is -1.97. The zero-order chi connectivity index (χ0) is 10.7. The van der Waals surface area contributed by atoms with Crippen LogP contribution in [0, 0.1) is 11.3 Å². The minimum Gasteiger partial charge on any atom is -0.197 e. The lowest BCUT2D eigenvalue weighted by molar-refractivity contribution is 0.911. The van der Waals surface area contributed by atoms with Gasteiger partial charge in [0.05, 0.1) is 6.07 Å². The molecule has 1 aromatic rings. The average molecular weight is 238 g/mol. The van der Waals surface area contributed by atoms with Crippen LogP contribution in [0.2, 0.25) is 0 Å². The Hall–Kier alpha value is -0.650. The zero-order valence-electron chi connectivity index (χ0n) is 8.37. The average Bonchev–Trinajstić information content (AvgIpc) is 2.72. The highest BCUT2D eigenvalue weighted by atomic mass is 35.5. The van der Waals surface area contributed by atoms with Crippen molar-refractivity contribution in [2.45, 2.75) is 29.5 Å². The van der Waals surface area contributed by atoms with Gasteiger partial charge in [0.25, 0.3) is 0 Å². The minimum atomic E-state index is -0.386. The molecular weight excluding hydrogens is 226 g/mol. The summed E-state index contributed by atoms with van der Waals surface area (Å²) >= 11 is 7.42. The second-order valence-corrected chi connectivity index (χ2v) is 5.31. The number of nitrogens with zero attached hydrogens (tertiary/aromatic N) is 1. The van der Waals surface area contributed by atoms with Crippen LogP contribution in [0.25, 0.3) is 0 Å². The predicted octanol–water partition coefficient (Wildman–Crippen LogP) is 3.40. The number of thioether (sulfide) groups is 1. The molecule has 0 amide bonds. The first kappa shape index (κ1) is 10.9. The van der Waals surface area contributed by atoms with Crippen molar-refractivity contribution in [3.05, 3.63) is 29.3 Å². The van der Waals surface area contributed by atoms with Crippen molar-refractivity contribution in [1.82, 2.24) is 0 Å². The van der Waals surface area contributed by atoms with Crippen molar-refractivity contribution in [1.29, 1.82) is 5.26 Å². The summed E-state index contributed by atoms with van der Waals surface area (Å²) in [5.74, 6) is 0.664. The maximum absolute atomic E-state index is 8.57. The first-order chi connectivity index (χ1) is 7.29. The van der Waals surface area contributed by atoms with Gasteiger partial charge < -0.3 is 0 Å². The minimum absolute atomic E-state index is 0.386. The molecule has 0 fully saturated rings. The normalized spacial score (nSPS) is 15.7. The molecule has 15 heavy (non-hydrogen) atoms. The van der Waals surface area contributed by atoms with Crippen LogP contribution in [0.1, 0.15) is 17.5 Å². The molecule has 1 aromatic carbocycles. The van der Waals surface area contributed by atoms with Crippen molar-refractivity contribution < 1.29 is 0 Å². The van der Waals surface area contributed by atoms with Crippen molar-refractivity contribution in [3.8, 4) is 6.07 Å². The molecular formula is C12H12ClNS. The number of fused-ring (bicyclic) bond motifs is 1. The molecule has 0 spiro atoms. The van der Waals surface area contributed by atoms with Crippen LogP contribution >= 0.6 is 23.4 Å². The largest absolute Gasteiger partial charge is 0.197 e. The highest BCUT2D eigenvalue weighted by Gasteiger charge is 2.11. The fourth-order valence-corrected chi connectivity index (χ4v) is 2.84. The van der Waals surface area contributed by atoms with Gasteiger partial charge in [-0.1, -0.05) is 6.07 Å². The van der Waals surface area contributed by atoms with Crippen LogP contribution in [0.4, 0.5) is 0 Å². The van der Waals surface area contributed by atoms with Gasteiger partial charge in [0, 0.05) is 10.6 Å². The van der Waals surface area contributed by atoms with E-state index in [1.54, 1.807) is 11.8 Å². The van der Waals surface area contributed by atoms with E-state index >= 15 is 0 Å². The van der Waals surface area contributed by atoms with E-state index in [2.05, 4.69) is 18.2 Å². The Morgan fingerprint density at radius 2 is 2.20 bits per heavy atom. The van der Waals surface area contributed by atoms with E-state index in [-0.39, 0.29) is 5.38 Å². The van der Waals surface area contributed by atoms with Crippen LogP contribution in [0.15, 0.2) is 23.1 Å². The van der Waals surface area contributed by atoms with Gasteiger partial charge in [-0.25, -0.2) is 0 Å². The molecule has 1 atom stereocenters.